The minimum absolute atomic E-state index is 0.0621. The van der Waals surface area contributed by atoms with Crippen LogP contribution in [0, 0.1) is 11.6 Å². The third-order valence-corrected chi connectivity index (χ3v) is 7.76. The number of rotatable bonds is 9. The minimum Gasteiger partial charge on any atom is -0.503 e. The number of halogens is 2. The van der Waals surface area contributed by atoms with Gasteiger partial charge < -0.3 is 24.6 Å². The van der Waals surface area contributed by atoms with Crippen molar-refractivity contribution < 1.29 is 51.1 Å². The fraction of sp³-hybridized carbons (Fsp3) is 0.217. The molecular formula is C23H19F2NO10S2. The van der Waals surface area contributed by atoms with Gasteiger partial charge in [0.2, 0.25) is 17.6 Å². The van der Waals surface area contributed by atoms with Crippen LogP contribution in [0.5, 0.6) is 17.5 Å². The number of aryl methyl sites for hydroxylation is 1. The van der Waals surface area contributed by atoms with Gasteiger partial charge in [-0.3, -0.25) is 4.55 Å². The van der Waals surface area contributed by atoms with Crippen molar-refractivity contribution in [2.45, 2.75) is 37.0 Å². The number of benzene rings is 1. The molecule has 202 valence electrons. The predicted octanol–water partition coefficient (Wildman–Crippen LogP) is 3.72. The molecule has 3 aromatic heterocycles. The number of aromatic nitrogens is 1. The molecule has 4 N–H and O–H groups in total. The van der Waals surface area contributed by atoms with Crippen molar-refractivity contribution in [3.05, 3.63) is 57.3 Å². The maximum absolute atomic E-state index is 14.1. The van der Waals surface area contributed by atoms with E-state index in [2.05, 4.69) is 0 Å². The van der Waals surface area contributed by atoms with Crippen LogP contribution in [0.1, 0.15) is 30.6 Å². The van der Waals surface area contributed by atoms with E-state index in [1.165, 1.54) is 0 Å². The van der Waals surface area contributed by atoms with Crippen LogP contribution < -0.4 is 10.5 Å². The van der Waals surface area contributed by atoms with Crippen LogP contribution in [0.25, 0.3) is 21.4 Å². The van der Waals surface area contributed by atoms with Gasteiger partial charge >= 0.3 is 11.6 Å². The molecule has 0 saturated carbocycles. The number of hydrogen-bond acceptors (Lipinski definition) is 10. The maximum atomic E-state index is 14.1. The Kier molecular flexibility index (Phi) is 7.44. The lowest BCUT2D eigenvalue weighted by atomic mass is 10.1. The summed E-state index contributed by atoms with van der Waals surface area (Å²) in [5, 5.41) is 28.2. The van der Waals surface area contributed by atoms with Crippen LogP contribution in [-0.4, -0.2) is 39.0 Å². The number of phenolic OH excluding ortho intramolecular Hbond substituents is 1. The normalized spacial score (nSPS) is 11.8. The molecule has 0 saturated heterocycles. The highest BCUT2D eigenvalue weighted by Crippen LogP contribution is 2.36. The minimum atomic E-state index is -4.69. The van der Waals surface area contributed by atoms with Gasteiger partial charge in [-0.1, -0.05) is 6.42 Å². The Morgan fingerprint density at radius 1 is 1.05 bits per heavy atom. The van der Waals surface area contributed by atoms with Crippen LogP contribution in [0.3, 0.4) is 0 Å². The second kappa shape index (κ2) is 10.4. The molecule has 15 heteroatoms. The average Bonchev–Trinajstić information content (AvgIpc) is 3.41. The Morgan fingerprint density at radius 2 is 1.74 bits per heavy atom. The maximum Gasteiger partial charge on any atom is 0.345 e. The van der Waals surface area contributed by atoms with Crippen molar-refractivity contribution in [3.63, 3.8) is 0 Å². The van der Waals surface area contributed by atoms with Crippen molar-refractivity contribution in [1.29, 1.82) is 0 Å². The van der Waals surface area contributed by atoms with Gasteiger partial charge in [-0.25, -0.2) is 14.0 Å². The summed E-state index contributed by atoms with van der Waals surface area (Å²) in [6.45, 7) is 0. The molecule has 0 aliphatic carbocycles. The smallest absolute Gasteiger partial charge is 0.345 e. The molecule has 0 bridgehead atoms. The van der Waals surface area contributed by atoms with Gasteiger partial charge in [0.1, 0.15) is 4.90 Å². The van der Waals surface area contributed by atoms with Crippen LogP contribution in [-0.2, 0) is 21.3 Å². The van der Waals surface area contributed by atoms with E-state index in [4.69, 9.17) is 9.25 Å². The molecule has 3 heterocycles. The molecule has 0 aliphatic rings. The van der Waals surface area contributed by atoms with E-state index < -0.39 is 61.3 Å². The number of unbranched alkanes of at least 4 members (excludes halogenated alkanes) is 2. The first-order chi connectivity index (χ1) is 17.9. The zero-order chi connectivity index (χ0) is 27.8. The highest BCUT2D eigenvalue weighted by Gasteiger charge is 2.23. The number of thiophene rings is 1. The zero-order valence-electron chi connectivity index (χ0n) is 19.2. The summed E-state index contributed by atoms with van der Waals surface area (Å²) in [4.78, 5) is 29.0. The number of carbonyl (C=O) groups excluding carboxylic acids is 1. The van der Waals surface area contributed by atoms with E-state index in [1.807, 2.05) is 0 Å². The summed E-state index contributed by atoms with van der Waals surface area (Å²) >= 11 is 0.857. The molecule has 0 amide bonds. The molecule has 0 radical (unpaired) electrons. The summed E-state index contributed by atoms with van der Waals surface area (Å²) < 4.78 is 66.9. The quantitative estimate of drug-likeness (QED) is 0.132. The second-order valence-corrected chi connectivity index (χ2v) is 10.7. The highest BCUT2D eigenvalue weighted by molar-refractivity contribution is 7.86. The summed E-state index contributed by atoms with van der Waals surface area (Å²) in [7, 11) is -4.69. The fourth-order valence-corrected chi connectivity index (χ4v) is 5.94. The van der Waals surface area contributed by atoms with E-state index in [1.54, 1.807) is 0 Å². The third kappa shape index (κ3) is 5.49. The predicted molar refractivity (Wildman–Crippen MR) is 129 cm³/mol. The summed E-state index contributed by atoms with van der Waals surface area (Å²) in [5.41, 5.74) is -1.96. The molecule has 0 spiro atoms. The van der Waals surface area contributed by atoms with Gasteiger partial charge in [0, 0.05) is 33.7 Å². The molecule has 1 aromatic carbocycles. The fourth-order valence-electron chi connectivity index (χ4n) is 3.67. The monoisotopic (exact) mass is 571 g/mol. The topological polar surface area (TPSA) is 176 Å². The first-order valence-corrected chi connectivity index (χ1v) is 13.2. The molecule has 38 heavy (non-hydrogen) atoms. The average molecular weight is 572 g/mol. The molecule has 0 fully saturated rings. The zero-order valence-corrected chi connectivity index (χ0v) is 20.8. The van der Waals surface area contributed by atoms with Crippen molar-refractivity contribution in [2.24, 2.45) is 0 Å². The van der Waals surface area contributed by atoms with Crippen molar-refractivity contribution in [1.82, 2.24) is 4.73 Å². The Labute approximate surface area is 216 Å². The number of phenols is 1. The lowest BCUT2D eigenvalue weighted by Crippen LogP contribution is -2.18. The van der Waals surface area contributed by atoms with Crippen molar-refractivity contribution >= 4 is 38.4 Å². The van der Waals surface area contributed by atoms with Crippen LogP contribution >= 0.6 is 11.3 Å². The largest absolute Gasteiger partial charge is 0.503 e. The molecule has 0 aliphatic heterocycles. The van der Waals surface area contributed by atoms with E-state index in [9.17, 15) is 46.7 Å². The molecule has 4 aromatic rings. The molecular weight excluding hydrogens is 552 g/mol. The van der Waals surface area contributed by atoms with Gasteiger partial charge in [-0.15, -0.1) is 16.1 Å². The van der Waals surface area contributed by atoms with E-state index in [0.29, 0.717) is 24.0 Å². The molecule has 11 nitrogen and oxygen atoms in total. The lowest BCUT2D eigenvalue weighted by molar-refractivity contribution is -0.145. The Balaban J connectivity index is 1.48. The standard InChI is InChI=1S/C23H19F2NO10S2/c24-13-9-11-8-12(23(31)35-22(11)20(25)21(13)30)15-10-16(38(32,33)34)14(37-15)4-2-1-3-5-19(29)36-26-17(27)6-7-18(26)28/h6-10,27-28,30H,1-5H2,(H,32,33,34). The van der Waals surface area contributed by atoms with Crippen molar-refractivity contribution in [3.8, 4) is 28.0 Å². The summed E-state index contributed by atoms with van der Waals surface area (Å²) in [6, 6.07) is 5.15. The van der Waals surface area contributed by atoms with E-state index in [-0.39, 0.29) is 33.5 Å². The molecule has 0 unspecified atom stereocenters. The lowest BCUT2D eigenvalue weighted by Gasteiger charge is -2.06. The van der Waals surface area contributed by atoms with Crippen LogP contribution in [0.2, 0.25) is 0 Å². The molecule has 0 atom stereocenters. The number of aromatic hydroxyl groups is 3. The van der Waals surface area contributed by atoms with Crippen molar-refractivity contribution in [2.75, 3.05) is 0 Å². The number of nitrogens with zero attached hydrogens (tertiary/aromatic N) is 1. The van der Waals surface area contributed by atoms with E-state index >= 15 is 0 Å². The van der Waals surface area contributed by atoms with Gasteiger partial charge in [-0.05, 0) is 37.5 Å². The summed E-state index contributed by atoms with van der Waals surface area (Å²) in [6.07, 6.45) is 1.19. The van der Waals surface area contributed by atoms with Gasteiger partial charge in [0.25, 0.3) is 10.1 Å². The molecule has 4 rings (SSSR count). The second-order valence-electron chi connectivity index (χ2n) is 8.13. The SMILES string of the molecule is O=C(CCCCCc1sc(-c2cc3cc(F)c(O)c(F)c3oc2=O)cc1S(=O)(=O)O)On1c(O)ccc1O. The Morgan fingerprint density at radius 3 is 2.39 bits per heavy atom. The first-order valence-electron chi connectivity index (χ1n) is 10.9. The Bertz CT molecular complexity index is 1690. The number of fused-ring (bicyclic) bond motifs is 1. The van der Waals surface area contributed by atoms with E-state index in [0.717, 1.165) is 41.7 Å². The number of hydrogen-bond donors (Lipinski definition) is 4. The first kappa shape index (κ1) is 27.1. The Hall–Kier alpha value is -3.95. The van der Waals surface area contributed by atoms with Gasteiger partial charge in [-0.2, -0.15) is 12.8 Å². The van der Waals surface area contributed by atoms with Crippen LogP contribution in [0.15, 0.2) is 44.4 Å². The van der Waals surface area contributed by atoms with Gasteiger partial charge in [0.05, 0.1) is 5.56 Å². The summed E-state index contributed by atoms with van der Waals surface area (Å²) in [5.74, 6) is -5.71. The van der Waals surface area contributed by atoms with Crippen LogP contribution in [0.4, 0.5) is 8.78 Å². The highest BCUT2D eigenvalue weighted by atomic mass is 32.2. The third-order valence-electron chi connectivity index (χ3n) is 5.48. The number of carbonyl (C=O) groups is 1. The van der Waals surface area contributed by atoms with Gasteiger partial charge in [0.15, 0.2) is 17.1 Å².